The lowest BCUT2D eigenvalue weighted by molar-refractivity contribution is -0.404. The van der Waals surface area contributed by atoms with Crippen molar-refractivity contribution in [3.63, 3.8) is 0 Å². The molecule has 6 aliphatic rings. The van der Waals surface area contributed by atoms with Gasteiger partial charge in [-0.25, -0.2) is 14.4 Å². The Labute approximate surface area is 842 Å². The number of hydrogen-bond donors (Lipinski definition) is 26. The highest BCUT2D eigenvalue weighted by atomic mass is 16.8. The van der Waals surface area contributed by atoms with Gasteiger partial charge < -0.3 is 195 Å². The summed E-state index contributed by atoms with van der Waals surface area (Å²) < 4.78 is 72.2. The van der Waals surface area contributed by atoms with E-state index < -0.39 is 332 Å². The van der Waals surface area contributed by atoms with E-state index in [2.05, 4.69) is 47.3 Å². The number of aliphatic hydroxyl groups excluding tert-OH is 19. The summed E-state index contributed by atoms with van der Waals surface area (Å²) in [5, 5.41) is 262. The van der Waals surface area contributed by atoms with Gasteiger partial charge in [0, 0.05) is 58.8 Å². The fraction of sp³-hybridized carbons (Fsp3) is 0.898. The molecule has 0 radical (unpaired) electrons. The molecule has 836 valence electrons. The molecule has 3 unspecified atom stereocenters. The number of carboxylic acid groups (broad SMARTS) is 3. The van der Waals surface area contributed by atoms with Crippen LogP contribution in [0.15, 0.2) is 12.2 Å². The number of hydrogen-bond acceptors (Lipinski definition) is 39. The molecule has 0 aromatic carbocycles. The third-order valence-corrected chi connectivity index (χ3v) is 27.8. The molecule has 144 heavy (non-hydrogen) atoms. The molecule has 0 aromatic rings. The minimum atomic E-state index is -3.71. The average molecular weight is 2080 g/mol. The highest BCUT2D eigenvalue weighted by Gasteiger charge is 2.65. The second kappa shape index (κ2) is 65.6. The first-order valence-corrected chi connectivity index (χ1v) is 52.0. The van der Waals surface area contributed by atoms with E-state index >= 15 is 0 Å². The quantitative estimate of drug-likeness (QED) is 0.0274. The number of carbonyl (C=O) groups excluding carboxylic acids is 5. The van der Waals surface area contributed by atoms with E-state index in [9.17, 15) is 151 Å². The Morgan fingerprint density at radius 2 is 0.757 bits per heavy atom. The van der Waals surface area contributed by atoms with Gasteiger partial charge in [0.1, 0.15) is 122 Å². The van der Waals surface area contributed by atoms with Crippen LogP contribution in [0.3, 0.4) is 0 Å². The van der Waals surface area contributed by atoms with Gasteiger partial charge in [-0.2, -0.15) is 0 Å². The summed E-state index contributed by atoms with van der Waals surface area (Å²) in [7, 11) is 0. The first kappa shape index (κ1) is 127. The third-order valence-electron chi connectivity index (χ3n) is 27.8. The van der Waals surface area contributed by atoms with Crippen molar-refractivity contribution < 1.29 is 208 Å². The van der Waals surface area contributed by atoms with Crippen LogP contribution in [-0.2, 0) is 95.2 Å². The van der Waals surface area contributed by atoms with Gasteiger partial charge in [0.25, 0.3) is 17.4 Å². The number of allylic oxidation sites excluding steroid dienone is 2. The van der Waals surface area contributed by atoms with E-state index in [0.717, 1.165) is 111 Å². The van der Waals surface area contributed by atoms with Gasteiger partial charge >= 0.3 is 17.9 Å². The summed E-state index contributed by atoms with van der Waals surface area (Å²) in [5.41, 5.74) is 0. The summed E-state index contributed by atoms with van der Waals surface area (Å²) in [5.74, 6) is -23.5. The molecule has 6 fully saturated rings. The van der Waals surface area contributed by atoms with E-state index in [-0.39, 0.29) is 12.8 Å². The molecular formula is C98H172N4O42. The number of nitrogens with one attached hydrogen (secondary N) is 4. The number of rotatable bonds is 72. The summed E-state index contributed by atoms with van der Waals surface area (Å²) in [6, 6.07) is -7.20. The van der Waals surface area contributed by atoms with Gasteiger partial charge in [0.05, 0.1) is 101 Å². The third kappa shape index (κ3) is 38.7. The Morgan fingerprint density at radius 3 is 1.15 bits per heavy atom. The van der Waals surface area contributed by atoms with E-state index in [0.29, 0.717) is 12.8 Å². The first-order chi connectivity index (χ1) is 68.6. The van der Waals surface area contributed by atoms with Crippen LogP contribution in [0.2, 0.25) is 0 Å². The number of Topliss-reactive ketones (excluding diaryl/α,β-unsaturated/α-hetero) is 1. The molecule has 4 amide bonds. The van der Waals surface area contributed by atoms with E-state index in [1.165, 1.54) is 122 Å². The van der Waals surface area contributed by atoms with Gasteiger partial charge in [0.15, 0.2) is 18.9 Å². The highest BCUT2D eigenvalue weighted by molar-refractivity contribution is 5.79. The normalized spacial score (nSPS) is 32.8. The van der Waals surface area contributed by atoms with Crippen molar-refractivity contribution >= 4 is 47.3 Å². The zero-order valence-corrected chi connectivity index (χ0v) is 84.4. The van der Waals surface area contributed by atoms with Crippen molar-refractivity contribution in [2.45, 2.75) is 505 Å². The Kier molecular flexibility index (Phi) is 58.0. The topological polar surface area (TPSA) is 741 Å². The molecular weight excluding hydrogens is 1910 g/mol. The van der Waals surface area contributed by atoms with Crippen LogP contribution in [0.4, 0.5) is 0 Å². The van der Waals surface area contributed by atoms with E-state index in [1.54, 1.807) is 0 Å². The van der Waals surface area contributed by atoms with E-state index in [1.807, 2.05) is 0 Å². The van der Waals surface area contributed by atoms with Gasteiger partial charge in [-0.05, 0) is 45.4 Å². The molecule has 35 atom stereocenters. The van der Waals surface area contributed by atoms with Crippen LogP contribution >= 0.6 is 0 Å². The van der Waals surface area contributed by atoms with Gasteiger partial charge in [0.2, 0.25) is 23.6 Å². The minimum absolute atomic E-state index is 0.104. The Hall–Kier alpha value is -5.54. The average Bonchev–Trinajstić information content (AvgIpc) is 0.744. The summed E-state index contributed by atoms with van der Waals surface area (Å²) in [4.78, 5) is 107. The Bertz CT molecular complexity index is 3720. The largest absolute Gasteiger partial charge is 0.477 e. The van der Waals surface area contributed by atoms with Crippen molar-refractivity contribution in [3.05, 3.63) is 12.2 Å². The lowest BCUT2D eigenvalue weighted by Gasteiger charge is -2.53. The van der Waals surface area contributed by atoms with Crippen LogP contribution in [-0.4, -0.2) is 413 Å². The molecule has 0 aliphatic carbocycles. The monoisotopic (exact) mass is 2080 g/mol. The molecule has 46 nitrogen and oxygen atoms in total. The number of carbonyl (C=O) groups is 8. The summed E-state index contributed by atoms with van der Waals surface area (Å²) >= 11 is 0. The van der Waals surface area contributed by atoms with Crippen molar-refractivity contribution in [2.24, 2.45) is 5.92 Å². The maximum atomic E-state index is 14.5. The zero-order chi connectivity index (χ0) is 107. The van der Waals surface area contributed by atoms with E-state index in [4.69, 9.17) is 56.8 Å². The second-order valence-corrected chi connectivity index (χ2v) is 39.6. The fourth-order valence-electron chi connectivity index (χ4n) is 19.7. The number of ketones is 1. The Morgan fingerprint density at radius 1 is 0.389 bits per heavy atom. The molecule has 6 aliphatic heterocycles. The van der Waals surface area contributed by atoms with Crippen molar-refractivity contribution in [1.82, 2.24) is 21.3 Å². The lowest BCUT2D eigenvalue weighted by Crippen LogP contribution is -2.72. The zero-order valence-electron chi connectivity index (χ0n) is 84.4. The SMILES string of the molecule is CCCCCCCCC=CCCCCCCCCCCCCCCCC(=O)N[C@@H](CO[C@@H]1O[C@H](CO)[C@@H](O[C@@H]2O[C@H](CO)[C@H](O[C@@H]3O[C@H](CO)[C@H](O)[C@H](O)[C@H]3CC(C)=O)[C@H](O[C@]3(C(=O)O)C[C@H](O)[C@@H](NC(C)=O)C([C@H](O)[C@@H](CO)O[C@]4(C(=O)O)C[C@H](O)[C@@H](NC(C)=O)C([C@H](O)[C@@H](CO)O[C@]5(C(=O)O)C[C@H](O)[C@@H](NC(C)=O)C([C@H](O)[C@H](O)CO)O5)O4)O3)[C@H]2O)[C@H](O)[C@H]1O)[C@H](O)CCCCCCCCCCCCCCC. The first-order valence-electron chi connectivity index (χ1n) is 52.0. The van der Waals surface area contributed by atoms with Crippen molar-refractivity contribution in [1.29, 1.82) is 0 Å². The molecule has 0 spiro atoms. The number of carboxylic acids is 3. The second-order valence-electron chi connectivity index (χ2n) is 39.6. The predicted octanol–water partition coefficient (Wildman–Crippen LogP) is -0.308. The van der Waals surface area contributed by atoms with Crippen LogP contribution in [0.1, 0.15) is 298 Å². The maximum Gasteiger partial charge on any atom is 0.364 e. The lowest BCUT2D eigenvalue weighted by atomic mass is 9.86. The molecule has 0 aromatic heterocycles. The maximum absolute atomic E-state index is 14.5. The fourth-order valence-corrected chi connectivity index (χ4v) is 19.7. The molecule has 0 bridgehead atoms. The van der Waals surface area contributed by atoms with Gasteiger partial charge in [-0.15, -0.1) is 0 Å². The molecule has 6 saturated heterocycles. The smallest absolute Gasteiger partial charge is 0.364 e. The molecule has 0 saturated carbocycles. The number of unbranched alkanes of at least 4 members (excludes halogenated alkanes) is 31. The highest BCUT2D eigenvalue weighted by Crippen LogP contribution is 2.45. The standard InChI is InChI=1S/C98H172N4O42/c1-7-9-11-13-15-17-19-21-22-23-24-25-26-27-28-29-30-32-34-36-38-40-42-44-72(118)102-61(62(113)43-41-39-37-35-33-31-20-18-16-14-12-10-8-2)55-133-91-82(125)81(124)84(70(53-107)135-91)137-92-83(126)89(85(71(54-108)136-92)138-90-60(45-56(3)109)76(119)78(121)67(50-104)134-90)144-98(95(131)132)48-65(116)75(101-59(6)112)88(143-98)80(123)69(52-106)140-97(94(129)130)47-64(115)74(100-58(5)111)87(142-97)79(122)68(51-105)139-96(93(127)128)46-63(114)73(99-57(4)110)86(141-96)77(120)66(117)49-103/h21-22,60-71,73-92,103-108,113-117,119-126H,7-20,23-55H2,1-6H3,(H,99,110)(H,100,111)(H,101,112)(H,102,118)(H,127,128)(H,129,130)(H,131,132)/t60-,61+,62-,63+,64+,65+,66-,67-,68-,69-,70-,71-,73-,74-,75-,76-,77-,78+,79-,80-,81-,82-,83-,84-,85+,86?,87?,88?,89-,90+,91-,92+,96-,97-,98+/m1/s1. The van der Waals surface area contributed by atoms with Gasteiger partial charge in [-0.3, -0.25) is 19.2 Å². The van der Waals surface area contributed by atoms with Crippen molar-refractivity contribution in [3.8, 4) is 0 Å². The number of amides is 4. The number of ether oxygens (including phenoxy) is 12. The van der Waals surface area contributed by atoms with Crippen LogP contribution in [0.5, 0.6) is 0 Å². The van der Waals surface area contributed by atoms with Gasteiger partial charge in [-0.1, -0.05) is 212 Å². The molecule has 6 heterocycles. The number of aliphatic hydroxyl groups is 19. The van der Waals surface area contributed by atoms with Crippen LogP contribution in [0.25, 0.3) is 0 Å². The molecule has 46 heteroatoms. The van der Waals surface area contributed by atoms with Crippen LogP contribution in [0, 0.1) is 5.92 Å². The molecule has 26 N–H and O–H groups in total. The number of aliphatic carboxylic acids is 3. The predicted molar refractivity (Wildman–Crippen MR) is 507 cm³/mol. The molecule has 6 rings (SSSR count). The summed E-state index contributed by atoms with van der Waals surface area (Å²) in [6.07, 6.45) is -23.6. The summed E-state index contributed by atoms with van der Waals surface area (Å²) in [6.45, 7) is -0.482. The van der Waals surface area contributed by atoms with Crippen LogP contribution < -0.4 is 21.3 Å². The minimum Gasteiger partial charge on any atom is -0.477 e. The Balaban J connectivity index is 1.26. The van der Waals surface area contributed by atoms with Crippen molar-refractivity contribution in [2.75, 3.05) is 46.2 Å².